The van der Waals surface area contributed by atoms with Gasteiger partial charge in [-0.3, -0.25) is 4.79 Å². The van der Waals surface area contributed by atoms with Gasteiger partial charge in [-0.15, -0.1) is 0 Å². The zero-order chi connectivity index (χ0) is 11.1. The van der Waals surface area contributed by atoms with Crippen molar-refractivity contribution >= 4 is 13.9 Å². The smallest absolute Gasteiger partial charge is 0.163 e. The number of Topliss-reactive ketones (excluding diaryl/α,β-unsaturated/α-hetero) is 1. The maximum Gasteiger partial charge on any atom is 0.163 e. The van der Waals surface area contributed by atoms with Crippen molar-refractivity contribution in [3.8, 4) is 0 Å². The number of carbonyl (C=O) groups is 1. The summed E-state index contributed by atoms with van der Waals surface area (Å²) in [5.41, 5.74) is 2.56. The van der Waals surface area contributed by atoms with Crippen molar-refractivity contribution in [3.05, 3.63) is 35.4 Å². The highest BCUT2D eigenvalue weighted by molar-refractivity contribution is 6.81. The van der Waals surface area contributed by atoms with Crippen LogP contribution >= 0.6 is 0 Å². The van der Waals surface area contributed by atoms with Crippen LogP contribution in [0.3, 0.4) is 0 Å². The molecule has 1 aromatic rings. The monoisotopic (exact) mass is 218 g/mol. The lowest BCUT2D eigenvalue weighted by Gasteiger charge is -2.32. The Morgan fingerprint density at radius 1 is 1.20 bits per heavy atom. The summed E-state index contributed by atoms with van der Waals surface area (Å²) in [4.78, 5) is 12.3. The summed E-state index contributed by atoms with van der Waals surface area (Å²) in [5.74, 6) is 0.399. The molecule has 0 aliphatic heterocycles. The molecule has 0 saturated carbocycles. The van der Waals surface area contributed by atoms with Crippen LogP contribution < -0.4 is 0 Å². The second kappa shape index (κ2) is 3.60. The topological polar surface area (TPSA) is 17.1 Å². The maximum atomic E-state index is 12.3. The number of rotatable bonds is 1. The second-order valence-electron chi connectivity index (χ2n) is 5.48. The summed E-state index contributed by atoms with van der Waals surface area (Å²) in [6, 6.07) is 8.09. The molecule has 15 heavy (non-hydrogen) atoms. The molecule has 80 valence electrons. The molecule has 1 unspecified atom stereocenters. The molecule has 1 nitrogen and oxygen atoms in total. The fourth-order valence-electron chi connectivity index (χ4n) is 2.42. The first-order valence-corrected chi connectivity index (χ1v) is 9.20. The Kier molecular flexibility index (Phi) is 2.55. The van der Waals surface area contributed by atoms with Crippen LogP contribution in [0.1, 0.15) is 22.3 Å². The summed E-state index contributed by atoms with van der Waals surface area (Å²) < 4.78 is 0. The van der Waals surface area contributed by atoms with Crippen LogP contribution in [0, 0.1) is 0 Å². The van der Waals surface area contributed by atoms with Gasteiger partial charge in [0, 0.05) is 11.1 Å². The van der Waals surface area contributed by atoms with Crippen molar-refractivity contribution in [2.45, 2.75) is 38.0 Å². The van der Waals surface area contributed by atoms with Crippen LogP contribution in [0.25, 0.3) is 0 Å². The molecule has 0 amide bonds. The van der Waals surface area contributed by atoms with E-state index in [1.807, 2.05) is 18.2 Å². The molecule has 0 spiro atoms. The molecular formula is C13H18OSi. The molecular weight excluding hydrogens is 200 g/mol. The second-order valence-corrected chi connectivity index (χ2v) is 10.9. The molecule has 0 saturated heterocycles. The van der Waals surface area contributed by atoms with Gasteiger partial charge < -0.3 is 0 Å². The third kappa shape index (κ3) is 1.91. The Bertz CT molecular complexity index is 390. The van der Waals surface area contributed by atoms with Gasteiger partial charge >= 0.3 is 0 Å². The molecule has 0 fully saturated rings. The normalized spacial score (nSPS) is 21.3. The van der Waals surface area contributed by atoms with Gasteiger partial charge in [0.1, 0.15) is 0 Å². The number of fused-ring (bicyclic) bond motifs is 1. The van der Waals surface area contributed by atoms with E-state index in [0.717, 1.165) is 18.4 Å². The van der Waals surface area contributed by atoms with Gasteiger partial charge in [-0.25, -0.2) is 0 Å². The SMILES string of the molecule is C[Si](C)(C)C1CCc2ccccc2C1=O. The van der Waals surface area contributed by atoms with Crippen molar-refractivity contribution in [2.75, 3.05) is 0 Å². The van der Waals surface area contributed by atoms with E-state index >= 15 is 0 Å². The molecule has 0 heterocycles. The lowest BCUT2D eigenvalue weighted by Crippen LogP contribution is -2.36. The number of aryl methyl sites for hydroxylation is 1. The van der Waals surface area contributed by atoms with Gasteiger partial charge in [0.15, 0.2) is 5.78 Å². The summed E-state index contributed by atoms with van der Waals surface area (Å²) in [6.45, 7) is 6.89. The third-order valence-corrected chi connectivity index (χ3v) is 5.99. The van der Waals surface area contributed by atoms with Crippen LogP contribution in [0.5, 0.6) is 0 Å². The summed E-state index contributed by atoms with van der Waals surface area (Å²) in [6.07, 6.45) is 2.14. The van der Waals surface area contributed by atoms with E-state index in [0.29, 0.717) is 11.3 Å². The van der Waals surface area contributed by atoms with E-state index in [1.54, 1.807) is 0 Å². The third-order valence-electron chi connectivity index (χ3n) is 3.35. The Balaban J connectivity index is 2.38. The first-order valence-electron chi connectivity index (χ1n) is 5.62. The van der Waals surface area contributed by atoms with Crippen LogP contribution in [0.2, 0.25) is 25.2 Å². The zero-order valence-corrected chi connectivity index (χ0v) is 10.7. The van der Waals surface area contributed by atoms with E-state index in [9.17, 15) is 4.79 Å². The zero-order valence-electron chi connectivity index (χ0n) is 9.71. The molecule has 0 bridgehead atoms. The highest BCUT2D eigenvalue weighted by Gasteiger charge is 2.36. The molecule has 2 heteroatoms. The fourth-order valence-corrected chi connectivity index (χ4v) is 4.38. The van der Waals surface area contributed by atoms with Crippen LogP contribution in [-0.4, -0.2) is 13.9 Å². The van der Waals surface area contributed by atoms with Crippen molar-refractivity contribution in [2.24, 2.45) is 0 Å². The number of hydrogen-bond acceptors (Lipinski definition) is 1. The predicted molar refractivity (Wildman–Crippen MR) is 66.2 cm³/mol. The van der Waals surface area contributed by atoms with Crippen LogP contribution in [0.4, 0.5) is 0 Å². The van der Waals surface area contributed by atoms with Crippen molar-refractivity contribution in [3.63, 3.8) is 0 Å². The highest BCUT2D eigenvalue weighted by Crippen LogP contribution is 2.35. The average molecular weight is 218 g/mol. The first-order chi connectivity index (χ1) is 7.00. The summed E-state index contributed by atoms with van der Waals surface area (Å²) >= 11 is 0. The van der Waals surface area contributed by atoms with Crippen molar-refractivity contribution in [1.29, 1.82) is 0 Å². The Hall–Kier alpha value is -0.893. The van der Waals surface area contributed by atoms with Crippen molar-refractivity contribution < 1.29 is 4.79 Å². The minimum Gasteiger partial charge on any atom is -0.294 e. The van der Waals surface area contributed by atoms with Gasteiger partial charge in [0.05, 0.1) is 8.07 Å². The summed E-state index contributed by atoms with van der Waals surface area (Å²) in [5, 5.41) is 0. The Labute approximate surface area is 92.5 Å². The highest BCUT2D eigenvalue weighted by atomic mass is 28.3. The summed E-state index contributed by atoms with van der Waals surface area (Å²) in [7, 11) is -1.34. The molecule has 2 rings (SSSR count). The molecule has 0 radical (unpaired) electrons. The predicted octanol–water partition coefficient (Wildman–Crippen LogP) is 3.52. The van der Waals surface area contributed by atoms with Gasteiger partial charge in [-0.2, -0.15) is 0 Å². The first kappa shape index (κ1) is 10.6. The van der Waals surface area contributed by atoms with Gasteiger partial charge in [0.25, 0.3) is 0 Å². The minimum absolute atomic E-state index is 0.326. The van der Waals surface area contributed by atoms with Gasteiger partial charge in [-0.1, -0.05) is 43.9 Å². The molecule has 1 aliphatic carbocycles. The van der Waals surface area contributed by atoms with E-state index in [2.05, 4.69) is 25.7 Å². The number of ketones is 1. The molecule has 1 aliphatic rings. The lowest BCUT2D eigenvalue weighted by molar-refractivity contribution is 0.0970. The quantitative estimate of drug-likeness (QED) is 0.659. The van der Waals surface area contributed by atoms with Gasteiger partial charge in [-0.05, 0) is 18.4 Å². The Morgan fingerprint density at radius 2 is 1.87 bits per heavy atom. The number of hydrogen-bond donors (Lipinski definition) is 0. The largest absolute Gasteiger partial charge is 0.294 e. The maximum absolute atomic E-state index is 12.3. The van der Waals surface area contributed by atoms with Gasteiger partial charge in [0.2, 0.25) is 0 Å². The lowest BCUT2D eigenvalue weighted by atomic mass is 9.90. The van der Waals surface area contributed by atoms with Crippen LogP contribution in [0.15, 0.2) is 24.3 Å². The van der Waals surface area contributed by atoms with E-state index < -0.39 is 8.07 Å². The fraction of sp³-hybridized carbons (Fsp3) is 0.462. The molecule has 1 atom stereocenters. The van der Waals surface area contributed by atoms with Crippen molar-refractivity contribution in [1.82, 2.24) is 0 Å². The van der Waals surface area contributed by atoms with E-state index in [4.69, 9.17) is 0 Å². The standard InChI is InChI=1S/C13H18OSi/c1-15(2,3)12-9-8-10-6-4-5-7-11(10)13(12)14/h4-7,12H,8-9H2,1-3H3. The van der Waals surface area contributed by atoms with Crippen LogP contribution in [-0.2, 0) is 6.42 Å². The molecule has 0 aromatic heterocycles. The Morgan fingerprint density at radius 3 is 2.53 bits per heavy atom. The number of benzene rings is 1. The minimum atomic E-state index is -1.34. The number of carbonyl (C=O) groups excluding carboxylic acids is 1. The average Bonchev–Trinajstić information content (AvgIpc) is 2.16. The van der Waals surface area contributed by atoms with E-state index in [1.165, 1.54) is 5.56 Å². The molecule has 1 aromatic carbocycles. The molecule has 0 N–H and O–H groups in total. The van der Waals surface area contributed by atoms with E-state index in [-0.39, 0.29) is 0 Å².